The number of hydrogen-bond donors (Lipinski definition) is 1. The molecule has 27 heavy (non-hydrogen) atoms. The second kappa shape index (κ2) is 7.55. The third-order valence-electron chi connectivity index (χ3n) is 6.84. The van der Waals surface area contributed by atoms with Gasteiger partial charge in [-0.3, -0.25) is 4.90 Å². The molecule has 0 radical (unpaired) electrons. The van der Waals surface area contributed by atoms with Gasteiger partial charge in [-0.25, -0.2) is 9.97 Å². The van der Waals surface area contributed by atoms with E-state index < -0.39 is 0 Å². The van der Waals surface area contributed by atoms with Crippen molar-refractivity contribution in [2.24, 2.45) is 5.92 Å². The van der Waals surface area contributed by atoms with Crippen LogP contribution < -0.4 is 14.8 Å². The number of nitrogens with zero attached hydrogens (tertiary/aromatic N) is 3. The van der Waals surface area contributed by atoms with E-state index in [2.05, 4.69) is 20.2 Å². The van der Waals surface area contributed by atoms with Crippen LogP contribution in [0.1, 0.15) is 56.9 Å². The molecule has 1 N–H and O–H groups in total. The summed E-state index contributed by atoms with van der Waals surface area (Å²) in [6, 6.07) is 1.42. The van der Waals surface area contributed by atoms with Gasteiger partial charge in [-0.1, -0.05) is 0 Å². The van der Waals surface area contributed by atoms with Gasteiger partial charge >= 0.3 is 0 Å². The molecular formula is C21H32N4O2. The topological polar surface area (TPSA) is 59.5 Å². The molecular weight excluding hydrogens is 340 g/mol. The fraction of sp³-hybridized carbons (Fsp3) is 0.810. The van der Waals surface area contributed by atoms with Gasteiger partial charge in [-0.05, 0) is 77.3 Å². The van der Waals surface area contributed by atoms with Crippen molar-refractivity contribution in [3.8, 4) is 11.8 Å². The molecule has 3 saturated heterocycles. The van der Waals surface area contributed by atoms with Crippen LogP contribution in [-0.4, -0.2) is 58.8 Å². The summed E-state index contributed by atoms with van der Waals surface area (Å²) in [4.78, 5) is 11.6. The Bertz CT molecular complexity index is 646. The van der Waals surface area contributed by atoms with Gasteiger partial charge in [0.15, 0.2) is 0 Å². The molecule has 1 unspecified atom stereocenters. The molecule has 6 heteroatoms. The molecule has 1 aliphatic carbocycles. The standard InChI is InChI=1S/C21H32N4O2/c1-14-20(26-18-6-8-22-9-7-18)23-13-24-21(14)27-19-10-16-4-5-17(11-19)25(16)12-15-2-3-15/h13,15-19,22H,2-12H2,1H3/t16-,17+,19?. The van der Waals surface area contributed by atoms with E-state index in [1.807, 2.05) is 6.92 Å². The van der Waals surface area contributed by atoms with E-state index in [1.54, 1.807) is 6.33 Å². The largest absolute Gasteiger partial charge is 0.474 e. The lowest BCUT2D eigenvalue weighted by Crippen LogP contribution is -2.47. The maximum atomic E-state index is 6.40. The number of piperidine rings is 2. The average molecular weight is 373 g/mol. The molecule has 148 valence electrons. The summed E-state index contributed by atoms with van der Waals surface area (Å²) >= 11 is 0. The van der Waals surface area contributed by atoms with E-state index in [0.29, 0.717) is 23.8 Å². The molecule has 6 nitrogen and oxygen atoms in total. The van der Waals surface area contributed by atoms with Crippen molar-refractivity contribution in [1.29, 1.82) is 0 Å². The molecule has 1 saturated carbocycles. The summed E-state index contributed by atoms with van der Waals surface area (Å²) in [5.74, 6) is 2.39. The second-order valence-electron chi connectivity index (χ2n) is 8.91. The molecule has 0 aromatic carbocycles. The van der Waals surface area contributed by atoms with Gasteiger partial charge in [-0.2, -0.15) is 0 Å². The van der Waals surface area contributed by atoms with E-state index >= 15 is 0 Å². The molecule has 1 aromatic rings. The van der Waals surface area contributed by atoms with Crippen molar-refractivity contribution in [3.63, 3.8) is 0 Å². The van der Waals surface area contributed by atoms with Crippen LogP contribution in [0.15, 0.2) is 6.33 Å². The summed E-state index contributed by atoms with van der Waals surface area (Å²) in [5.41, 5.74) is 0.948. The van der Waals surface area contributed by atoms with Gasteiger partial charge in [0.05, 0.1) is 5.56 Å². The Hall–Kier alpha value is -1.40. The van der Waals surface area contributed by atoms with Crippen LogP contribution >= 0.6 is 0 Å². The van der Waals surface area contributed by atoms with Gasteiger partial charge in [0.1, 0.15) is 18.5 Å². The summed E-state index contributed by atoms with van der Waals surface area (Å²) < 4.78 is 12.6. The van der Waals surface area contributed by atoms with Crippen molar-refractivity contribution >= 4 is 0 Å². The van der Waals surface area contributed by atoms with Crippen LogP contribution in [0.5, 0.6) is 11.8 Å². The van der Waals surface area contributed by atoms with Crippen LogP contribution in [0.2, 0.25) is 0 Å². The molecule has 0 amide bonds. The third-order valence-corrected chi connectivity index (χ3v) is 6.84. The quantitative estimate of drug-likeness (QED) is 0.829. The summed E-state index contributed by atoms with van der Waals surface area (Å²) in [6.45, 7) is 5.38. The van der Waals surface area contributed by atoms with Crippen LogP contribution in [0.25, 0.3) is 0 Å². The number of fused-ring (bicyclic) bond motifs is 2. The first kappa shape index (κ1) is 17.7. The van der Waals surface area contributed by atoms with Crippen molar-refractivity contribution in [3.05, 3.63) is 11.9 Å². The Morgan fingerprint density at radius 2 is 1.56 bits per heavy atom. The Morgan fingerprint density at radius 1 is 0.926 bits per heavy atom. The Morgan fingerprint density at radius 3 is 2.19 bits per heavy atom. The normalized spacial score (nSPS) is 31.8. The predicted molar refractivity (Wildman–Crippen MR) is 103 cm³/mol. The van der Waals surface area contributed by atoms with Crippen LogP contribution in [0.3, 0.4) is 0 Å². The minimum absolute atomic E-state index is 0.245. The minimum Gasteiger partial charge on any atom is -0.474 e. The third kappa shape index (κ3) is 3.92. The van der Waals surface area contributed by atoms with Gasteiger partial charge in [0.2, 0.25) is 11.8 Å². The zero-order valence-corrected chi connectivity index (χ0v) is 16.4. The zero-order chi connectivity index (χ0) is 18.2. The van der Waals surface area contributed by atoms with Crippen molar-refractivity contribution < 1.29 is 9.47 Å². The highest BCUT2D eigenvalue weighted by Gasteiger charge is 2.43. The average Bonchev–Trinajstić information content (AvgIpc) is 3.46. The fourth-order valence-electron chi connectivity index (χ4n) is 5.10. The fourth-order valence-corrected chi connectivity index (χ4v) is 5.10. The number of nitrogens with one attached hydrogen (secondary N) is 1. The van der Waals surface area contributed by atoms with Crippen molar-refractivity contribution in [2.75, 3.05) is 19.6 Å². The Kier molecular flexibility index (Phi) is 4.94. The van der Waals surface area contributed by atoms with Crippen molar-refractivity contribution in [2.45, 2.75) is 82.6 Å². The molecule has 1 aromatic heterocycles. The number of rotatable bonds is 6. The molecule has 0 spiro atoms. The number of aromatic nitrogens is 2. The van der Waals surface area contributed by atoms with Gasteiger partial charge in [-0.15, -0.1) is 0 Å². The van der Waals surface area contributed by atoms with E-state index in [1.165, 1.54) is 32.2 Å². The monoisotopic (exact) mass is 372 g/mol. The minimum atomic E-state index is 0.245. The predicted octanol–water partition coefficient (Wildman–Crippen LogP) is 2.70. The molecule has 4 fully saturated rings. The lowest BCUT2D eigenvalue weighted by Gasteiger charge is -2.39. The van der Waals surface area contributed by atoms with Gasteiger partial charge in [0, 0.05) is 18.6 Å². The van der Waals surface area contributed by atoms with Crippen LogP contribution in [0.4, 0.5) is 0 Å². The maximum absolute atomic E-state index is 6.40. The smallest absolute Gasteiger partial charge is 0.223 e. The summed E-state index contributed by atoms with van der Waals surface area (Å²) in [7, 11) is 0. The Labute approximate surface area is 162 Å². The van der Waals surface area contributed by atoms with E-state index in [9.17, 15) is 0 Å². The highest BCUT2D eigenvalue weighted by molar-refractivity contribution is 5.33. The first-order chi connectivity index (χ1) is 13.3. The van der Waals surface area contributed by atoms with Gasteiger partial charge < -0.3 is 14.8 Å². The molecule has 2 bridgehead atoms. The van der Waals surface area contributed by atoms with Crippen LogP contribution in [-0.2, 0) is 0 Å². The van der Waals surface area contributed by atoms with E-state index in [4.69, 9.17) is 9.47 Å². The first-order valence-corrected chi connectivity index (χ1v) is 10.9. The Balaban J connectivity index is 1.22. The maximum Gasteiger partial charge on any atom is 0.223 e. The second-order valence-corrected chi connectivity index (χ2v) is 8.91. The molecule has 5 rings (SSSR count). The molecule has 3 atom stereocenters. The number of ether oxygens (including phenoxy) is 2. The SMILES string of the molecule is Cc1c(OC2CCNCC2)ncnc1OC1C[C@H]2CC[C@@H](C1)N2CC1CC1. The molecule has 4 heterocycles. The molecule has 3 aliphatic heterocycles. The highest BCUT2D eigenvalue weighted by Crippen LogP contribution is 2.41. The summed E-state index contributed by atoms with van der Waals surface area (Å²) in [6.07, 6.45) is 12.0. The van der Waals surface area contributed by atoms with E-state index in [-0.39, 0.29) is 12.2 Å². The number of hydrogen-bond acceptors (Lipinski definition) is 6. The van der Waals surface area contributed by atoms with Crippen molar-refractivity contribution in [1.82, 2.24) is 20.2 Å². The van der Waals surface area contributed by atoms with E-state index in [0.717, 1.165) is 50.3 Å². The van der Waals surface area contributed by atoms with Crippen LogP contribution in [0, 0.1) is 12.8 Å². The summed E-state index contributed by atoms with van der Waals surface area (Å²) in [5, 5.41) is 3.37. The molecule has 4 aliphatic rings. The van der Waals surface area contributed by atoms with Gasteiger partial charge in [0.25, 0.3) is 0 Å². The lowest BCUT2D eigenvalue weighted by atomic mass is 9.99. The highest BCUT2D eigenvalue weighted by atomic mass is 16.5. The first-order valence-electron chi connectivity index (χ1n) is 10.9. The zero-order valence-electron chi connectivity index (χ0n) is 16.4. The lowest BCUT2D eigenvalue weighted by molar-refractivity contribution is 0.0434.